The molecule has 30 heavy (non-hydrogen) atoms. The highest BCUT2D eigenvalue weighted by molar-refractivity contribution is 5.95. The predicted molar refractivity (Wildman–Crippen MR) is 96.4 cm³/mol. The number of fused-ring (bicyclic) bond motifs is 2. The molecule has 0 saturated heterocycles. The van der Waals surface area contributed by atoms with Gasteiger partial charge in [0.1, 0.15) is 11.7 Å². The monoisotopic (exact) mass is 402 g/mol. The second-order valence-corrected chi connectivity index (χ2v) is 6.89. The van der Waals surface area contributed by atoms with Gasteiger partial charge < -0.3 is 14.6 Å². The molecule has 0 unspecified atom stereocenters. The molecule has 0 fully saturated rings. The Morgan fingerprint density at radius 2 is 1.47 bits per heavy atom. The second-order valence-electron chi connectivity index (χ2n) is 6.89. The number of carbonyl (C=O) groups is 2. The summed E-state index contributed by atoms with van der Waals surface area (Å²) in [4.78, 5) is 25.5. The Balaban J connectivity index is 2.65. The first-order chi connectivity index (χ1) is 14.3. The molecular formula is C21H14N4O5. The summed E-state index contributed by atoms with van der Waals surface area (Å²) in [5.41, 5.74) is -4.80. The van der Waals surface area contributed by atoms with Crippen molar-refractivity contribution in [2.45, 2.75) is 11.8 Å². The minimum atomic E-state index is -2.42. The quantitative estimate of drug-likeness (QED) is 0.724. The fourth-order valence-corrected chi connectivity index (χ4v) is 4.65. The van der Waals surface area contributed by atoms with Crippen LogP contribution in [0.1, 0.15) is 23.0 Å². The number of benzene rings is 1. The first-order valence-electron chi connectivity index (χ1n) is 8.68. The number of esters is 2. The topological polar surface area (TPSA) is 168 Å². The van der Waals surface area contributed by atoms with E-state index in [4.69, 9.17) is 9.47 Å². The maximum absolute atomic E-state index is 12.7. The van der Waals surface area contributed by atoms with Crippen LogP contribution in [0.5, 0.6) is 0 Å². The molecule has 3 atom stereocenters. The Hall–Kier alpha value is -4.34. The number of carbonyl (C=O) groups excluding carboxylic acids is 2. The molecule has 0 aliphatic heterocycles. The summed E-state index contributed by atoms with van der Waals surface area (Å²) in [5, 5.41) is 51.5. The normalized spacial score (nSPS) is 24.7. The average Bonchev–Trinajstić information content (AvgIpc) is 2.95. The lowest BCUT2D eigenvalue weighted by molar-refractivity contribution is -0.146. The van der Waals surface area contributed by atoms with Gasteiger partial charge in [0.25, 0.3) is 0 Å². The van der Waals surface area contributed by atoms with Gasteiger partial charge in [-0.05, 0) is 11.1 Å². The van der Waals surface area contributed by atoms with E-state index >= 15 is 0 Å². The number of nitrogens with zero attached hydrogens (tertiary/aromatic N) is 4. The highest BCUT2D eigenvalue weighted by Gasteiger charge is 2.73. The molecule has 0 spiro atoms. The lowest BCUT2D eigenvalue weighted by Gasteiger charge is -2.46. The molecule has 3 aliphatic carbocycles. The van der Waals surface area contributed by atoms with Gasteiger partial charge in [-0.2, -0.15) is 21.0 Å². The summed E-state index contributed by atoms with van der Waals surface area (Å²) in [6.45, 7) is 0. The Kier molecular flexibility index (Phi) is 4.71. The summed E-state index contributed by atoms with van der Waals surface area (Å²) < 4.78 is 9.56. The van der Waals surface area contributed by atoms with Crippen LogP contribution in [-0.2, 0) is 19.1 Å². The molecule has 1 N–H and O–H groups in total. The number of rotatable bonds is 2. The molecule has 0 aromatic heterocycles. The molecule has 0 heterocycles. The standard InChI is InChI=1S/C21H14N4O5/c1-29-18(27)13-15-11-5-3-4-6-12(11)16(14(17(13)26)19(28)30-2)21(9-24,10-25)20(15,7-22)8-23/h3-6,13,15-16,26H,1-2H3/t13-,15-,16+/m1/s1. The molecule has 9 heteroatoms. The van der Waals surface area contributed by atoms with Gasteiger partial charge >= 0.3 is 11.9 Å². The molecule has 1 aromatic carbocycles. The summed E-state index contributed by atoms with van der Waals surface area (Å²) in [6, 6.07) is 13.3. The molecule has 3 aliphatic rings. The van der Waals surface area contributed by atoms with Crippen LogP contribution in [0.25, 0.3) is 0 Å². The highest BCUT2D eigenvalue weighted by Crippen LogP contribution is 2.67. The number of hydrogen-bond donors (Lipinski definition) is 1. The van der Waals surface area contributed by atoms with Crippen LogP contribution in [0.15, 0.2) is 35.6 Å². The van der Waals surface area contributed by atoms with Crippen LogP contribution in [-0.4, -0.2) is 31.3 Å². The van der Waals surface area contributed by atoms with E-state index < -0.39 is 51.9 Å². The second kappa shape index (κ2) is 6.92. The first kappa shape index (κ1) is 20.4. The molecule has 2 bridgehead atoms. The van der Waals surface area contributed by atoms with E-state index in [1.807, 2.05) is 0 Å². The first-order valence-corrected chi connectivity index (χ1v) is 8.68. The fourth-order valence-electron chi connectivity index (χ4n) is 4.65. The smallest absolute Gasteiger partial charge is 0.337 e. The van der Waals surface area contributed by atoms with Crippen molar-refractivity contribution >= 4 is 11.9 Å². The fraction of sp³-hybridized carbons (Fsp3) is 0.333. The van der Waals surface area contributed by atoms with Crippen molar-refractivity contribution in [3.05, 3.63) is 46.7 Å². The molecule has 0 saturated carbocycles. The zero-order valence-electron chi connectivity index (χ0n) is 15.9. The van der Waals surface area contributed by atoms with E-state index in [2.05, 4.69) is 0 Å². The van der Waals surface area contributed by atoms with E-state index in [0.29, 0.717) is 0 Å². The minimum Gasteiger partial charge on any atom is -0.511 e. The molecule has 148 valence electrons. The summed E-state index contributed by atoms with van der Waals surface area (Å²) in [5.74, 6) is -7.56. The Morgan fingerprint density at radius 1 is 0.933 bits per heavy atom. The molecule has 0 amide bonds. The average molecular weight is 402 g/mol. The minimum absolute atomic E-state index is 0.269. The number of aliphatic hydroxyl groups excluding tert-OH is 1. The number of nitriles is 4. The third-order valence-electron chi connectivity index (χ3n) is 5.92. The van der Waals surface area contributed by atoms with Crippen molar-refractivity contribution in [3.63, 3.8) is 0 Å². The Labute approximate surface area is 171 Å². The third kappa shape index (κ3) is 2.12. The van der Waals surface area contributed by atoms with E-state index in [9.17, 15) is 35.7 Å². The van der Waals surface area contributed by atoms with Crippen LogP contribution in [0.4, 0.5) is 0 Å². The molecule has 1 aromatic rings. The van der Waals surface area contributed by atoms with Crippen molar-refractivity contribution in [3.8, 4) is 24.3 Å². The van der Waals surface area contributed by atoms with E-state index in [1.54, 1.807) is 36.4 Å². The van der Waals surface area contributed by atoms with Crippen LogP contribution >= 0.6 is 0 Å². The van der Waals surface area contributed by atoms with Crippen LogP contribution in [0.2, 0.25) is 0 Å². The molecule has 9 nitrogen and oxygen atoms in total. The van der Waals surface area contributed by atoms with Crippen molar-refractivity contribution in [2.75, 3.05) is 14.2 Å². The number of aliphatic hydroxyl groups is 1. The number of methoxy groups -OCH3 is 2. The van der Waals surface area contributed by atoms with E-state index in [-0.39, 0.29) is 11.1 Å². The van der Waals surface area contributed by atoms with E-state index in [0.717, 1.165) is 14.2 Å². The van der Waals surface area contributed by atoms with Crippen LogP contribution < -0.4 is 0 Å². The van der Waals surface area contributed by atoms with Gasteiger partial charge in [0.2, 0.25) is 0 Å². The van der Waals surface area contributed by atoms with Gasteiger partial charge in [0.05, 0.1) is 50.0 Å². The van der Waals surface area contributed by atoms with Gasteiger partial charge in [-0.15, -0.1) is 0 Å². The van der Waals surface area contributed by atoms with Gasteiger partial charge in [0.15, 0.2) is 10.8 Å². The molecule has 0 radical (unpaired) electrons. The lowest BCUT2D eigenvalue weighted by atomic mass is 9.47. The molecule has 4 rings (SSSR count). The summed E-state index contributed by atoms with van der Waals surface area (Å²) in [6.07, 6.45) is 0. The van der Waals surface area contributed by atoms with Crippen molar-refractivity contribution in [1.82, 2.24) is 0 Å². The van der Waals surface area contributed by atoms with E-state index in [1.165, 1.54) is 12.1 Å². The van der Waals surface area contributed by atoms with Gasteiger partial charge in [-0.25, -0.2) is 4.79 Å². The predicted octanol–water partition coefficient (Wildman–Crippen LogP) is 1.72. The highest BCUT2D eigenvalue weighted by atomic mass is 16.5. The maximum Gasteiger partial charge on any atom is 0.337 e. The summed E-state index contributed by atoms with van der Waals surface area (Å²) in [7, 11) is 2.07. The van der Waals surface area contributed by atoms with Gasteiger partial charge in [0, 0.05) is 5.92 Å². The lowest BCUT2D eigenvalue weighted by Crippen LogP contribution is -2.52. The van der Waals surface area contributed by atoms with Crippen LogP contribution in [0, 0.1) is 62.1 Å². The van der Waals surface area contributed by atoms with Gasteiger partial charge in [-0.3, -0.25) is 4.79 Å². The third-order valence-corrected chi connectivity index (χ3v) is 5.92. The van der Waals surface area contributed by atoms with Crippen LogP contribution in [0.3, 0.4) is 0 Å². The summed E-state index contributed by atoms with van der Waals surface area (Å²) >= 11 is 0. The van der Waals surface area contributed by atoms with Crippen molar-refractivity contribution in [2.24, 2.45) is 16.7 Å². The van der Waals surface area contributed by atoms with Crippen molar-refractivity contribution < 1.29 is 24.2 Å². The SMILES string of the molecule is COC(=O)C1=C(O)[C@H](C(=O)OC)[C@H]2c3ccccc3[C@@H]1C(C#N)(C#N)C2(C#N)C#N. The van der Waals surface area contributed by atoms with Crippen molar-refractivity contribution in [1.29, 1.82) is 21.0 Å². The Bertz CT molecular complexity index is 1130. The number of hydrogen-bond acceptors (Lipinski definition) is 9. The maximum atomic E-state index is 12.7. The Morgan fingerprint density at radius 3 is 1.93 bits per heavy atom. The zero-order valence-corrected chi connectivity index (χ0v) is 15.9. The number of ether oxygens (including phenoxy) is 2. The zero-order chi connectivity index (χ0) is 22.3. The molecular weight excluding hydrogens is 388 g/mol. The largest absolute Gasteiger partial charge is 0.511 e. The van der Waals surface area contributed by atoms with Gasteiger partial charge in [-0.1, -0.05) is 24.3 Å².